The normalized spacial score (nSPS) is 15.1. The van der Waals surface area contributed by atoms with Crippen molar-refractivity contribution in [3.05, 3.63) is 65.2 Å². The third kappa shape index (κ3) is 6.33. The van der Waals surface area contributed by atoms with Crippen LogP contribution in [0.1, 0.15) is 15.9 Å². The number of amides is 2. The van der Waals surface area contributed by atoms with E-state index < -0.39 is 23.4 Å². The minimum Gasteiger partial charge on any atom is -0.343 e. The van der Waals surface area contributed by atoms with Gasteiger partial charge in [0.1, 0.15) is 11.6 Å². The van der Waals surface area contributed by atoms with Crippen LogP contribution in [0.4, 0.5) is 14.5 Å². The van der Waals surface area contributed by atoms with Gasteiger partial charge in [0.2, 0.25) is 5.91 Å². The van der Waals surface area contributed by atoms with Crippen LogP contribution in [0.15, 0.2) is 42.5 Å². The molecule has 0 atom stereocenters. The first-order valence-corrected chi connectivity index (χ1v) is 9.43. The van der Waals surface area contributed by atoms with E-state index in [1.807, 2.05) is 18.2 Å². The Hall–Kier alpha value is -2.84. The number of anilines is 1. The highest BCUT2D eigenvalue weighted by atomic mass is 19.1. The van der Waals surface area contributed by atoms with Gasteiger partial charge >= 0.3 is 0 Å². The Balaban J connectivity index is 1.50. The van der Waals surface area contributed by atoms with Gasteiger partial charge in [-0.1, -0.05) is 12.1 Å². The molecule has 1 aliphatic heterocycles. The number of benzene rings is 2. The molecule has 0 spiro atoms. The van der Waals surface area contributed by atoms with Crippen molar-refractivity contribution in [2.24, 2.45) is 0 Å². The number of piperazine rings is 1. The average Bonchev–Trinajstić information content (AvgIpc) is 2.67. The SMILES string of the molecule is CN1CCN(Cc2cccc(NC(=O)CNC(=O)c3cc(F)cc(F)c3)c2)CC1. The van der Waals surface area contributed by atoms with Crippen LogP contribution in [0.3, 0.4) is 0 Å². The fourth-order valence-corrected chi connectivity index (χ4v) is 3.16. The summed E-state index contributed by atoms with van der Waals surface area (Å²) in [5.41, 5.74) is 1.55. The maximum Gasteiger partial charge on any atom is 0.251 e. The third-order valence-corrected chi connectivity index (χ3v) is 4.75. The Morgan fingerprint density at radius 1 is 1.00 bits per heavy atom. The van der Waals surface area contributed by atoms with E-state index in [1.165, 1.54) is 0 Å². The molecule has 2 N–H and O–H groups in total. The summed E-state index contributed by atoms with van der Waals surface area (Å²) in [6.45, 7) is 4.56. The Bertz CT molecular complexity index is 862. The fraction of sp³-hybridized carbons (Fsp3) is 0.333. The Morgan fingerprint density at radius 3 is 2.38 bits per heavy atom. The van der Waals surface area contributed by atoms with Gasteiger partial charge in [-0.2, -0.15) is 0 Å². The maximum absolute atomic E-state index is 13.2. The summed E-state index contributed by atoms with van der Waals surface area (Å²) < 4.78 is 26.4. The predicted octanol–water partition coefficient (Wildman–Crippen LogP) is 2.08. The Kier molecular flexibility index (Phi) is 6.90. The number of carbonyl (C=O) groups excluding carboxylic acids is 2. The molecule has 2 aromatic rings. The molecule has 0 aromatic heterocycles. The Morgan fingerprint density at radius 2 is 1.69 bits per heavy atom. The molecule has 1 fully saturated rings. The first kappa shape index (κ1) is 20.9. The number of halogens is 2. The van der Waals surface area contributed by atoms with Crippen LogP contribution < -0.4 is 10.6 Å². The molecule has 8 heteroatoms. The highest BCUT2D eigenvalue weighted by Gasteiger charge is 2.14. The van der Waals surface area contributed by atoms with E-state index in [0.717, 1.165) is 50.4 Å². The molecule has 0 saturated carbocycles. The summed E-state index contributed by atoms with van der Waals surface area (Å²) in [6.07, 6.45) is 0. The molecule has 2 amide bonds. The number of hydrogen-bond donors (Lipinski definition) is 2. The number of rotatable bonds is 6. The summed E-state index contributed by atoms with van der Waals surface area (Å²) in [5.74, 6) is -2.84. The highest BCUT2D eigenvalue weighted by molar-refractivity contribution is 5.99. The van der Waals surface area contributed by atoms with Crippen molar-refractivity contribution in [2.45, 2.75) is 6.54 Å². The van der Waals surface area contributed by atoms with Gasteiger partial charge in [-0.25, -0.2) is 8.78 Å². The second kappa shape index (κ2) is 9.58. The van der Waals surface area contributed by atoms with Crippen molar-refractivity contribution in [1.29, 1.82) is 0 Å². The zero-order valence-electron chi connectivity index (χ0n) is 16.3. The number of hydrogen-bond acceptors (Lipinski definition) is 4. The largest absolute Gasteiger partial charge is 0.343 e. The summed E-state index contributed by atoms with van der Waals surface area (Å²) in [4.78, 5) is 28.8. The highest BCUT2D eigenvalue weighted by Crippen LogP contribution is 2.14. The molecule has 1 heterocycles. The molecular weight excluding hydrogens is 378 g/mol. The van der Waals surface area contributed by atoms with Crippen LogP contribution in [0.2, 0.25) is 0 Å². The molecule has 1 aliphatic rings. The smallest absolute Gasteiger partial charge is 0.251 e. The minimum atomic E-state index is -0.850. The first-order chi connectivity index (χ1) is 13.9. The molecule has 6 nitrogen and oxygen atoms in total. The molecule has 0 aliphatic carbocycles. The summed E-state index contributed by atoms with van der Waals surface area (Å²) in [6, 6.07) is 10.1. The molecule has 0 bridgehead atoms. The van der Waals surface area contributed by atoms with Gasteiger partial charge < -0.3 is 15.5 Å². The molecule has 154 valence electrons. The average molecular weight is 402 g/mol. The van der Waals surface area contributed by atoms with Crippen molar-refractivity contribution < 1.29 is 18.4 Å². The fourth-order valence-electron chi connectivity index (χ4n) is 3.16. The van der Waals surface area contributed by atoms with Gasteiger partial charge in [0.05, 0.1) is 6.54 Å². The quantitative estimate of drug-likeness (QED) is 0.777. The van der Waals surface area contributed by atoms with E-state index in [0.29, 0.717) is 11.8 Å². The molecule has 2 aromatic carbocycles. The second-order valence-electron chi connectivity index (χ2n) is 7.17. The summed E-state index contributed by atoms with van der Waals surface area (Å²) >= 11 is 0. The van der Waals surface area contributed by atoms with Gasteiger partial charge in [0.15, 0.2) is 0 Å². The van der Waals surface area contributed by atoms with Crippen LogP contribution in [-0.4, -0.2) is 61.4 Å². The molecule has 0 radical (unpaired) electrons. The van der Waals surface area contributed by atoms with E-state index in [2.05, 4.69) is 27.5 Å². The lowest BCUT2D eigenvalue weighted by Gasteiger charge is -2.32. The standard InChI is InChI=1S/C21H24F2N4O2/c1-26-5-7-27(8-6-26)14-15-3-2-4-19(9-15)25-20(28)13-24-21(29)16-10-17(22)12-18(23)11-16/h2-4,9-12H,5-8,13-14H2,1H3,(H,24,29)(H,25,28). The Labute approximate surface area is 168 Å². The molecule has 0 unspecified atom stereocenters. The zero-order chi connectivity index (χ0) is 20.8. The molecule has 3 rings (SSSR count). The van der Waals surface area contributed by atoms with E-state index in [1.54, 1.807) is 6.07 Å². The number of carbonyl (C=O) groups is 2. The lowest BCUT2D eigenvalue weighted by molar-refractivity contribution is -0.115. The first-order valence-electron chi connectivity index (χ1n) is 9.43. The van der Waals surface area contributed by atoms with E-state index >= 15 is 0 Å². The van der Waals surface area contributed by atoms with E-state index in [-0.39, 0.29) is 12.1 Å². The molecule has 29 heavy (non-hydrogen) atoms. The number of nitrogens with zero attached hydrogens (tertiary/aromatic N) is 2. The van der Waals surface area contributed by atoms with Gasteiger partial charge in [0, 0.05) is 50.0 Å². The zero-order valence-corrected chi connectivity index (χ0v) is 16.3. The number of nitrogens with one attached hydrogen (secondary N) is 2. The van der Waals surface area contributed by atoms with Crippen LogP contribution >= 0.6 is 0 Å². The minimum absolute atomic E-state index is 0.176. The molecular formula is C21H24F2N4O2. The summed E-state index contributed by atoms with van der Waals surface area (Å²) in [5, 5.41) is 5.09. The van der Waals surface area contributed by atoms with Crippen molar-refractivity contribution in [2.75, 3.05) is 45.1 Å². The van der Waals surface area contributed by atoms with Crippen LogP contribution in [-0.2, 0) is 11.3 Å². The topological polar surface area (TPSA) is 64.7 Å². The lowest BCUT2D eigenvalue weighted by atomic mass is 10.1. The second-order valence-corrected chi connectivity index (χ2v) is 7.17. The lowest BCUT2D eigenvalue weighted by Crippen LogP contribution is -2.43. The predicted molar refractivity (Wildman–Crippen MR) is 107 cm³/mol. The van der Waals surface area contributed by atoms with Gasteiger partial charge in [0.25, 0.3) is 5.91 Å². The van der Waals surface area contributed by atoms with Crippen LogP contribution in [0, 0.1) is 11.6 Å². The van der Waals surface area contributed by atoms with Crippen molar-refractivity contribution in [3.8, 4) is 0 Å². The van der Waals surface area contributed by atoms with Crippen molar-refractivity contribution >= 4 is 17.5 Å². The van der Waals surface area contributed by atoms with Crippen molar-refractivity contribution in [3.63, 3.8) is 0 Å². The molecule has 1 saturated heterocycles. The van der Waals surface area contributed by atoms with Gasteiger partial charge in [-0.15, -0.1) is 0 Å². The summed E-state index contributed by atoms with van der Waals surface area (Å²) in [7, 11) is 2.11. The van der Waals surface area contributed by atoms with Gasteiger partial charge in [-0.05, 0) is 36.9 Å². The van der Waals surface area contributed by atoms with E-state index in [9.17, 15) is 18.4 Å². The monoisotopic (exact) mass is 402 g/mol. The maximum atomic E-state index is 13.2. The van der Waals surface area contributed by atoms with Crippen LogP contribution in [0.25, 0.3) is 0 Å². The number of likely N-dealkylation sites (N-methyl/N-ethyl adjacent to an activating group) is 1. The van der Waals surface area contributed by atoms with Crippen LogP contribution in [0.5, 0.6) is 0 Å². The third-order valence-electron chi connectivity index (χ3n) is 4.75. The van der Waals surface area contributed by atoms with Crippen molar-refractivity contribution in [1.82, 2.24) is 15.1 Å². The van der Waals surface area contributed by atoms with Gasteiger partial charge in [-0.3, -0.25) is 14.5 Å². The van der Waals surface area contributed by atoms with E-state index in [4.69, 9.17) is 0 Å².